The first-order valence-corrected chi connectivity index (χ1v) is 10.8. The molecular formula is C27H27N3O3. The van der Waals surface area contributed by atoms with E-state index in [4.69, 9.17) is 14.2 Å². The van der Waals surface area contributed by atoms with E-state index in [9.17, 15) is 0 Å². The third kappa shape index (κ3) is 6.07. The molecule has 0 amide bonds. The monoisotopic (exact) mass is 441 g/mol. The Balaban J connectivity index is 1.71. The van der Waals surface area contributed by atoms with Crippen LogP contribution >= 0.6 is 0 Å². The van der Waals surface area contributed by atoms with Gasteiger partial charge >= 0.3 is 18.0 Å². The average molecular weight is 442 g/mol. The van der Waals surface area contributed by atoms with Gasteiger partial charge in [0.1, 0.15) is 17.2 Å². The van der Waals surface area contributed by atoms with Crippen molar-refractivity contribution < 1.29 is 14.2 Å². The van der Waals surface area contributed by atoms with Gasteiger partial charge in [-0.3, -0.25) is 0 Å². The molecule has 0 atom stereocenters. The maximum absolute atomic E-state index is 5.97. The Labute approximate surface area is 194 Å². The number of ether oxygens (including phenoxy) is 3. The lowest BCUT2D eigenvalue weighted by molar-refractivity contribution is 0.362. The molecule has 0 saturated carbocycles. The fourth-order valence-electron chi connectivity index (χ4n) is 3.75. The summed E-state index contributed by atoms with van der Waals surface area (Å²) < 4.78 is 17.9. The van der Waals surface area contributed by atoms with Gasteiger partial charge in [0.15, 0.2) is 0 Å². The minimum Gasteiger partial charge on any atom is -0.424 e. The van der Waals surface area contributed by atoms with Gasteiger partial charge < -0.3 is 14.2 Å². The molecule has 0 N–H and O–H groups in total. The van der Waals surface area contributed by atoms with Crippen LogP contribution in [0.4, 0.5) is 0 Å². The summed E-state index contributed by atoms with van der Waals surface area (Å²) in [7, 11) is 0. The summed E-state index contributed by atoms with van der Waals surface area (Å²) >= 11 is 0. The number of nitrogens with zero attached hydrogens (tertiary/aromatic N) is 3. The summed E-state index contributed by atoms with van der Waals surface area (Å²) in [6.45, 7) is 12.1. The van der Waals surface area contributed by atoms with Crippen molar-refractivity contribution in [2.45, 2.75) is 41.5 Å². The lowest BCUT2D eigenvalue weighted by Crippen LogP contribution is -2.02. The van der Waals surface area contributed by atoms with Crippen molar-refractivity contribution >= 4 is 0 Å². The number of rotatable bonds is 6. The Morgan fingerprint density at radius 3 is 0.788 bits per heavy atom. The van der Waals surface area contributed by atoms with Gasteiger partial charge in [0.05, 0.1) is 0 Å². The number of aryl methyl sites for hydroxylation is 6. The molecule has 0 aliphatic heterocycles. The molecule has 3 aromatic carbocycles. The largest absolute Gasteiger partial charge is 0.424 e. The van der Waals surface area contributed by atoms with Crippen LogP contribution in [-0.2, 0) is 0 Å². The minimum atomic E-state index is 0.0914. The van der Waals surface area contributed by atoms with Gasteiger partial charge in [-0.2, -0.15) is 0 Å². The fourth-order valence-corrected chi connectivity index (χ4v) is 3.75. The van der Waals surface area contributed by atoms with E-state index in [0.29, 0.717) is 17.2 Å². The van der Waals surface area contributed by atoms with Crippen LogP contribution in [0.15, 0.2) is 54.6 Å². The van der Waals surface area contributed by atoms with Gasteiger partial charge in [-0.05, 0) is 111 Å². The second-order valence-electron chi connectivity index (χ2n) is 8.46. The van der Waals surface area contributed by atoms with Crippen molar-refractivity contribution in [3.05, 3.63) is 88.0 Å². The van der Waals surface area contributed by atoms with Crippen LogP contribution in [0.1, 0.15) is 33.4 Å². The van der Waals surface area contributed by atoms with Gasteiger partial charge in [0.25, 0.3) is 0 Å². The molecule has 6 nitrogen and oxygen atoms in total. The van der Waals surface area contributed by atoms with Crippen molar-refractivity contribution in [3.63, 3.8) is 0 Å². The highest BCUT2D eigenvalue weighted by Crippen LogP contribution is 2.29. The van der Waals surface area contributed by atoms with Crippen LogP contribution in [0.25, 0.3) is 0 Å². The standard InChI is InChI=1S/C27H27N3O3/c1-16-7-17(2)11-22(10-16)31-25-28-26(32-23-12-18(3)8-19(4)13-23)30-27(29-25)33-24-14-20(5)9-21(6)15-24/h7-15H,1-6H3. The smallest absolute Gasteiger partial charge is 0.331 e. The van der Waals surface area contributed by atoms with E-state index in [1.165, 1.54) is 0 Å². The lowest BCUT2D eigenvalue weighted by atomic mass is 10.1. The second kappa shape index (κ2) is 9.28. The molecule has 0 radical (unpaired) electrons. The first kappa shape index (κ1) is 22.3. The van der Waals surface area contributed by atoms with Crippen molar-refractivity contribution in [2.24, 2.45) is 0 Å². The van der Waals surface area contributed by atoms with E-state index in [1.807, 2.05) is 77.9 Å². The molecule has 4 aromatic rings. The minimum absolute atomic E-state index is 0.0914. The molecule has 168 valence electrons. The van der Waals surface area contributed by atoms with E-state index in [0.717, 1.165) is 33.4 Å². The molecule has 0 bridgehead atoms. The predicted molar refractivity (Wildman–Crippen MR) is 128 cm³/mol. The van der Waals surface area contributed by atoms with Gasteiger partial charge in [-0.15, -0.1) is 15.0 Å². The number of benzene rings is 3. The highest BCUT2D eigenvalue weighted by atomic mass is 16.5. The average Bonchev–Trinajstić information content (AvgIpc) is 2.65. The van der Waals surface area contributed by atoms with Crippen molar-refractivity contribution in [2.75, 3.05) is 0 Å². The summed E-state index contributed by atoms with van der Waals surface area (Å²) in [6.07, 6.45) is 0. The SMILES string of the molecule is Cc1cc(C)cc(Oc2nc(Oc3cc(C)cc(C)c3)nc(Oc3cc(C)cc(C)c3)n2)c1. The fraction of sp³-hybridized carbons (Fsp3) is 0.222. The molecule has 1 heterocycles. The molecule has 0 spiro atoms. The van der Waals surface area contributed by atoms with Crippen molar-refractivity contribution in [3.8, 4) is 35.3 Å². The van der Waals surface area contributed by atoms with Crippen molar-refractivity contribution in [1.82, 2.24) is 15.0 Å². The van der Waals surface area contributed by atoms with Gasteiger partial charge in [-0.25, -0.2) is 0 Å². The zero-order valence-corrected chi connectivity index (χ0v) is 19.8. The second-order valence-corrected chi connectivity index (χ2v) is 8.46. The van der Waals surface area contributed by atoms with Crippen molar-refractivity contribution in [1.29, 1.82) is 0 Å². The summed E-state index contributed by atoms with van der Waals surface area (Å²) in [5.41, 5.74) is 6.49. The first-order chi connectivity index (χ1) is 15.7. The molecule has 1 aromatic heterocycles. The highest BCUT2D eigenvalue weighted by molar-refractivity contribution is 5.37. The van der Waals surface area contributed by atoms with Crippen LogP contribution < -0.4 is 14.2 Å². The Kier molecular flexibility index (Phi) is 6.27. The summed E-state index contributed by atoms with van der Waals surface area (Å²) in [5, 5.41) is 0. The normalized spacial score (nSPS) is 10.7. The van der Waals surface area contributed by atoms with Crippen LogP contribution in [0.5, 0.6) is 35.3 Å². The van der Waals surface area contributed by atoms with E-state index in [2.05, 4.69) is 33.2 Å². The summed E-state index contributed by atoms with van der Waals surface area (Å²) in [4.78, 5) is 13.1. The molecule has 4 rings (SSSR count). The number of hydrogen-bond donors (Lipinski definition) is 0. The van der Waals surface area contributed by atoms with E-state index in [1.54, 1.807) is 0 Å². The lowest BCUT2D eigenvalue weighted by Gasteiger charge is -2.11. The Morgan fingerprint density at radius 2 is 0.576 bits per heavy atom. The summed E-state index contributed by atoms with van der Waals surface area (Å²) in [5.74, 6) is 1.90. The Hall–Kier alpha value is -3.93. The molecule has 0 unspecified atom stereocenters. The quantitative estimate of drug-likeness (QED) is 0.318. The Bertz CT molecular complexity index is 1080. The molecule has 0 aliphatic carbocycles. The predicted octanol–water partition coefficient (Wildman–Crippen LogP) is 7.10. The number of hydrogen-bond acceptors (Lipinski definition) is 6. The van der Waals surface area contributed by atoms with Gasteiger partial charge in [0.2, 0.25) is 0 Å². The van der Waals surface area contributed by atoms with Crippen LogP contribution in [-0.4, -0.2) is 15.0 Å². The van der Waals surface area contributed by atoms with E-state index >= 15 is 0 Å². The first-order valence-electron chi connectivity index (χ1n) is 10.8. The van der Waals surface area contributed by atoms with Crippen LogP contribution in [0, 0.1) is 41.5 Å². The third-order valence-corrected chi connectivity index (χ3v) is 4.79. The van der Waals surface area contributed by atoms with Crippen LogP contribution in [0.2, 0.25) is 0 Å². The maximum Gasteiger partial charge on any atom is 0.331 e. The molecular weight excluding hydrogens is 414 g/mol. The van der Waals surface area contributed by atoms with Gasteiger partial charge in [-0.1, -0.05) is 18.2 Å². The third-order valence-electron chi connectivity index (χ3n) is 4.79. The zero-order valence-electron chi connectivity index (χ0n) is 19.8. The van der Waals surface area contributed by atoms with E-state index in [-0.39, 0.29) is 18.0 Å². The molecule has 0 aliphatic rings. The van der Waals surface area contributed by atoms with Crippen LogP contribution in [0.3, 0.4) is 0 Å². The van der Waals surface area contributed by atoms with Gasteiger partial charge in [0, 0.05) is 0 Å². The highest BCUT2D eigenvalue weighted by Gasteiger charge is 2.14. The molecule has 0 fully saturated rings. The topological polar surface area (TPSA) is 66.4 Å². The Morgan fingerprint density at radius 1 is 0.364 bits per heavy atom. The maximum atomic E-state index is 5.97. The summed E-state index contributed by atoms with van der Waals surface area (Å²) in [6, 6.07) is 18.0. The van der Waals surface area contributed by atoms with E-state index < -0.39 is 0 Å². The zero-order chi connectivity index (χ0) is 23.5. The molecule has 33 heavy (non-hydrogen) atoms. The number of aromatic nitrogens is 3. The molecule has 0 saturated heterocycles. The molecule has 6 heteroatoms.